The highest BCUT2D eigenvalue weighted by molar-refractivity contribution is 5.38. The van der Waals surface area contributed by atoms with Crippen LogP contribution in [0.25, 0.3) is 0 Å². The maximum atomic E-state index is 12.4. The average molecular weight is 232 g/mol. The minimum atomic E-state index is -4.45. The van der Waals surface area contributed by atoms with Gasteiger partial charge < -0.3 is 10.5 Å². The highest BCUT2D eigenvalue weighted by Gasteiger charge is 2.31. The van der Waals surface area contributed by atoms with Crippen molar-refractivity contribution < 1.29 is 17.9 Å². The fourth-order valence-corrected chi connectivity index (χ4v) is 1.01. The van der Waals surface area contributed by atoms with E-state index in [1.807, 2.05) is 0 Å². The molecule has 0 spiro atoms. The molecule has 1 heterocycles. The molecule has 3 nitrogen and oxygen atoms in total. The second kappa shape index (κ2) is 4.87. The van der Waals surface area contributed by atoms with Crippen LogP contribution in [-0.4, -0.2) is 11.6 Å². The van der Waals surface area contributed by atoms with Crippen molar-refractivity contribution in [3.8, 4) is 5.88 Å². The topological polar surface area (TPSA) is 48.1 Å². The van der Waals surface area contributed by atoms with E-state index in [1.165, 1.54) is 0 Å². The number of halogens is 3. The lowest BCUT2D eigenvalue weighted by molar-refractivity contribution is -0.137. The van der Waals surface area contributed by atoms with E-state index in [2.05, 4.69) is 11.6 Å². The van der Waals surface area contributed by atoms with Crippen molar-refractivity contribution in [1.29, 1.82) is 0 Å². The van der Waals surface area contributed by atoms with E-state index < -0.39 is 11.7 Å². The number of aromatic nitrogens is 1. The van der Waals surface area contributed by atoms with Gasteiger partial charge in [0.2, 0.25) is 5.88 Å². The van der Waals surface area contributed by atoms with Crippen LogP contribution in [0, 0.1) is 0 Å². The van der Waals surface area contributed by atoms with Gasteiger partial charge in [0.25, 0.3) is 0 Å². The van der Waals surface area contributed by atoms with Crippen molar-refractivity contribution in [3.05, 3.63) is 30.4 Å². The molecule has 0 aromatic carbocycles. The molecule has 1 rings (SSSR count). The Labute approximate surface area is 90.7 Å². The molecule has 2 N–H and O–H groups in total. The van der Waals surface area contributed by atoms with Crippen molar-refractivity contribution in [2.24, 2.45) is 0 Å². The zero-order valence-corrected chi connectivity index (χ0v) is 8.42. The van der Waals surface area contributed by atoms with E-state index in [9.17, 15) is 13.2 Å². The number of pyridine rings is 1. The Balaban J connectivity index is 2.86. The first-order chi connectivity index (χ1) is 7.43. The van der Waals surface area contributed by atoms with Gasteiger partial charge in [0.05, 0.1) is 12.2 Å². The Bertz CT molecular complexity index is 377. The third-order valence-electron chi connectivity index (χ3n) is 1.72. The molecule has 0 fully saturated rings. The summed E-state index contributed by atoms with van der Waals surface area (Å²) in [6.45, 7) is 3.68. The van der Waals surface area contributed by atoms with Crippen LogP contribution in [0.15, 0.2) is 24.8 Å². The van der Waals surface area contributed by atoms with Crippen molar-refractivity contribution >= 4 is 5.82 Å². The molecule has 0 saturated carbocycles. The minimum Gasteiger partial charge on any atom is -0.477 e. The quantitative estimate of drug-likeness (QED) is 0.641. The van der Waals surface area contributed by atoms with Gasteiger partial charge >= 0.3 is 6.18 Å². The fourth-order valence-electron chi connectivity index (χ4n) is 1.01. The Hall–Kier alpha value is -1.72. The smallest absolute Gasteiger partial charge is 0.416 e. The normalized spacial score (nSPS) is 11.2. The van der Waals surface area contributed by atoms with E-state index in [0.29, 0.717) is 6.42 Å². The second-order valence-electron chi connectivity index (χ2n) is 3.04. The zero-order chi connectivity index (χ0) is 12.2. The van der Waals surface area contributed by atoms with Crippen LogP contribution in [0.1, 0.15) is 12.0 Å². The van der Waals surface area contributed by atoms with Gasteiger partial charge in [-0.3, -0.25) is 0 Å². The molecule has 1 aromatic rings. The van der Waals surface area contributed by atoms with Gasteiger partial charge in [0, 0.05) is 6.07 Å². The summed E-state index contributed by atoms with van der Waals surface area (Å²) in [5.74, 6) is -0.349. The van der Waals surface area contributed by atoms with Gasteiger partial charge in [-0.1, -0.05) is 6.08 Å². The van der Waals surface area contributed by atoms with E-state index in [1.54, 1.807) is 6.08 Å². The van der Waals surface area contributed by atoms with Gasteiger partial charge in [-0.05, 0) is 12.5 Å². The lowest BCUT2D eigenvalue weighted by atomic mass is 10.2. The first-order valence-electron chi connectivity index (χ1n) is 4.52. The average Bonchev–Trinajstić information content (AvgIpc) is 2.16. The predicted octanol–water partition coefficient (Wildman–Crippen LogP) is 2.64. The molecule has 0 unspecified atom stereocenters. The molecule has 0 radical (unpaired) electrons. The van der Waals surface area contributed by atoms with Crippen LogP contribution in [-0.2, 0) is 6.18 Å². The van der Waals surface area contributed by atoms with Crippen LogP contribution >= 0.6 is 0 Å². The summed E-state index contributed by atoms with van der Waals surface area (Å²) < 4.78 is 42.1. The third kappa shape index (κ3) is 3.45. The van der Waals surface area contributed by atoms with Crippen LogP contribution in [0.5, 0.6) is 5.88 Å². The summed E-state index contributed by atoms with van der Waals surface area (Å²) in [4.78, 5) is 3.64. The van der Waals surface area contributed by atoms with Gasteiger partial charge in [-0.2, -0.15) is 18.2 Å². The Morgan fingerprint density at radius 1 is 1.44 bits per heavy atom. The molecule has 16 heavy (non-hydrogen) atoms. The molecule has 6 heteroatoms. The molecule has 0 bridgehead atoms. The van der Waals surface area contributed by atoms with Gasteiger partial charge in [-0.15, -0.1) is 6.58 Å². The summed E-state index contributed by atoms with van der Waals surface area (Å²) in [6, 6.07) is 1.58. The summed E-state index contributed by atoms with van der Waals surface area (Å²) in [7, 11) is 0. The number of hydrogen-bond acceptors (Lipinski definition) is 3. The van der Waals surface area contributed by atoms with Crippen LogP contribution in [0.2, 0.25) is 0 Å². The lowest BCUT2D eigenvalue weighted by Gasteiger charge is -2.10. The molecule has 0 aliphatic carbocycles. The number of anilines is 1. The van der Waals surface area contributed by atoms with Crippen LogP contribution < -0.4 is 10.5 Å². The van der Waals surface area contributed by atoms with E-state index in [-0.39, 0.29) is 18.3 Å². The molecule has 0 amide bonds. The summed E-state index contributed by atoms with van der Waals surface area (Å²) in [5, 5.41) is 0. The molecule has 0 aliphatic heterocycles. The highest BCUT2D eigenvalue weighted by Crippen LogP contribution is 2.31. The molecule has 0 saturated heterocycles. The highest BCUT2D eigenvalue weighted by atomic mass is 19.4. The monoisotopic (exact) mass is 232 g/mol. The Morgan fingerprint density at radius 2 is 2.12 bits per heavy atom. The maximum Gasteiger partial charge on any atom is 0.416 e. The number of ether oxygens (including phenoxy) is 1. The molecule has 0 atom stereocenters. The first-order valence-corrected chi connectivity index (χ1v) is 4.52. The van der Waals surface area contributed by atoms with Crippen molar-refractivity contribution in [1.82, 2.24) is 4.98 Å². The van der Waals surface area contributed by atoms with Crippen LogP contribution in [0.3, 0.4) is 0 Å². The predicted molar refractivity (Wildman–Crippen MR) is 54.0 cm³/mol. The van der Waals surface area contributed by atoms with Gasteiger partial charge in [0.1, 0.15) is 5.82 Å². The molecule has 1 aromatic heterocycles. The minimum absolute atomic E-state index is 0.130. The summed E-state index contributed by atoms with van der Waals surface area (Å²) in [6.07, 6.45) is -2.33. The summed E-state index contributed by atoms with van der Waals surface area (Å²) >= 11 is 0. The fraction of sp³-hybridized carbons (Fsp3) is 0.300. The second-order valence-corrected chi connectivity index (χ2v) is 3.04. The Morgan fingerprint density at radius 3 is 2.69 bits per heavy atom. The molecule has 0 aliphatic rings. The number of nitrogens with two attached hydrogens (primary N) is 1. The Kier molecular flexibility index (Phi) is 3.76. The first kappa shape index (κ1) is 12.4. The van der Waals surface area contributed by atoms with Crippen LogP contribution in [0.4, 0.5) is 19.0 Å². The zero-order valence-electron chi connectivity index (χ0n) is 8.42. The number of nitrogens with zero attached hydrogens (tertiary/aromatic N) is 1. The maximum absolute atomic E-state index is 12.4. The number of nitrogen functional groups attached to an aromatic ring is 1. The largest absolute Gasteiger partial charge is 0.477 e. The molecular weight excluding hydrogens is 221 g/mol. The van der Waals surface area contributed by atoms with E-state index >= 15 is 0 Å². The van der Waals surface area contributed by atoms with Crippen molar-refractivity contribution in [3.63, 3.8) is 0 Å². The number of hydrogen-bond donors (Lipinski definition) is 1. The van der Waals surface area contributed by atoms with E-state index in [4.69, 9.17) is 10.5 Å². The standard InChI is InChI=1S/C10H11F3N2O/c1-2-3-4-16-9-6-7(10(11,12)13)5-8(14)15-9/h2,5-6H,1,3-4H2,(H2,14,15). The SMILES string of the molecule is C=CCCOc1cc(C(F)(F)F)cc(N)n1. The molecule has 88 valence electrons. The number of rotatable bonds is 4. The molecular formula is C10H11F3N2O. The van der Waals surface area contributed by atoms with Gasteiger partial charge in [-0.25, -0.2) is 0 Å². The van der Waals surface area contributed by atoms with E-state index in [0.717, 1.165) is 12.1 Å². The van der Waals surface area contributed by atoms with Crippen molar-refractivity contribution in [2.75, 3.05) is 12.3 Å². The van der Waals surface area contributed by atoms with Gasteiger partial charge in [0.15, 0.2) is 0 Å². The lowest BCUT2D eigenvalue weighted by Crippen LogP contribution is -2.08. The summed E-state index contributed by atoms with van der Waals surface area (Å²) in [5.41, 5.74) is 4.38. The third-order valence-corrected chi connectivity index (χ3v) is 1.72. The van der Waals surface area contributed by atoms with Crippen molar-refractivity contribution in [2.45, 2.75) is 12.6 Å². The number of alkyl halides is 3.